The van der Waals surface area contributed by atoms with Gasteiger partial charge >= 0.3 is 0 Å². The van der Waals surface area contributed by atoms with Crippen LogP contribution in [0.15, 0.2) is 48.5 Å². The molecule has 0 fully saturated rings. The van der Waals surface area contributed by atoms with Crippen molar-refractivity contribution < 1.29 is 4.74 Å². The van der Waals surface area contributed by atoms with Crippen molar-refractivity contribution in [2.75, 3.05) is 0 Å². The van der Waals surface area contributed by atoms with E-state index in [-0.39, 0.29) is 0 Å². The summed E-state index contributed by atoms with van der Waals surface area (Å²) in [5, 5.41) is 0. The summed E-state index contributed by atoms with van der Waals surface area (Å²) in [6.45, 7) is 8.04. The first kappa shape index (κ1) is 15.6. The summed E-state index contributed by atoms with van der Waals surface area (Å²) in [5.41, 5.74) is 3.55. The second kappa shape index (κ2) is 6.86. The van der Waals surface area contributed by atoms with Gasteiger partial charge in [-0.2, -0.15) is 0 Å². The van der Waals surface area contributed by atoms with Gasteiger partial charge in [0.25, 0.3) is 0 Å². The predicted octanol–water partition coefficient (Wildman–Crippen LogP) is 5.15. The third kappa shape index (κ3) is 3.39. The van der Waals surface area contributed by atoms with Crippen LogP contribution in [0.4, 0.5) is 0 Å². The van der Waals surface area contributed by atoms with Gasteiger partial charge in [0.15, 0.2) is 0 Å². The van der Waals surface area contributed by atoms with E-state index in [1.165, 1.54) is 11.1 Å². The van der Waals surface area contributed by atoms with Crippen LogP contribution in [-0.2, 0) is 13.2 Å². The van der Waals surface area contributed by atoms with Gasteiger partial charge in [0.05, 0.1) is 11.0 Å². The average molecular weight is 308 g/mol. The molecule has 0 aliphatic carbocycles. The van der Waals surface area contributed by atoms with Gasteiger partial charge in [0.1, 0.15) is 18.2 Å². The molecule has 0 spiro atoms. The fourth-order valence-electron chi connectivity index (χ4n) is 2.81. The maximum Gasteiger partial charge on any atom is 0.147 e. The maximum atomic E-state index is 5.96. The molecule has 3 rings (SSSR count). The average Bonchev–Trinajstić information content (AvgIpc) is 2.92. The Labute approximate surface area is 137 Å². The number of para-hydroxylation sites is 2. The Kier molecular flexibility index (Phi) is 4.65. The molecule has 3 nitrogen and oxygen atoms in total. The minimum Gasteiger partial charge on any atom is -0.486 e. The molecule has 0 N–H and O–H groups in total. The molecule has 2 aromatic carbocycles. The third-order valence-corrected chi connectivity index (χ3v) is 4.10. The Bertz CT molecular complexity index is 772. The van der Waals surface area contributed by atoms with Crippen LogP contribution in [0.2, 0.25) is 0 Å². The number of aryl methyl sites for hydroxylation is 1. The largest absolute Gasteiger partial charge is 0.486 e. The molecule has 23 heavy (non-hydrogen) atoms. The minimum absolute atomic E-state index is 0.496. The maximum absolute atomic E-state index is 5.96. The number of ether oxygens (including phenoxy) is 1. The molecular formula is C20H24N2O. The molecule has 0 unspecified atom stereocenters. The molecule has 0 saturated heterocycles. The Morgan fingerprint density at radius 2 is 1.78 bits per heavy atom. The van der Waals surface area contributed by atoms with Crippen LogP contribution in [0.1, 0.15) is 44.5 Å². The lowest BCUT2D eigenvalue weighted by atomic mass is 10.0. The number of aromatic nitrogens is 2. The topological polar surface area (TPSA) is 27.1 Å². The van der Waals surface area contributed by atoms with Crippen molar-refractivity contribution in [3.8, 4) is 5.75 Å². The van der Waals surface area contributed by atoms with E-state index in [0.717, 1.165) is 30.1 Å². The molecule has 0 atom stereocenters. The standard InChI is InChI=1S/C20H24N2O/c1-4-13-22-19-8-6-5-7-18(19)21-20(22)14-23-17-11-9-16(10-12-17)15(2)3/h5-12,15H,4,13-14H2,1-3H3. The van der Waals surface area contributed by atoms with E-state index in [1.807, 2.05) is 18.2 Å². The fourth-order valence-corrected chi connectivity index (χ4v) is 2.81. The molecule has 0 amide bonds. The quantitative estimate of drug-likeness (QED) is 0.630. The van der Waals surface area contributed by atoms with Crippen molar-refractivity contribution in [1.82, 2.24) is 9.55 Å². The van der Waals surface area contributed by atoms with Crippen molar-refractivity contribution in [3.63, 3.8) is 0 Å². The number of hydrogen-bond donors (Lipinski definition) is 0. The third-order valence-electron chi connectivity index (χ3n) is 4.10. The molecule has 0 saturated carbocycles. The van der Waals surface area contributed by atoms with Crippen LogP contribution in [-0.4, -0.2) is 9.55 Å². The molecular weight excluding hydrogens is 284 g/mol. The van der Waals surface area contributed by atoms with E-state index in [1.54, 1.807) is 0 Å². The van der Waals surface area contributed by atoms with Gasteiger partial charge < -0.3 is 9.30 Å². The highest BCUT2D eigenvalue weighted by Crippen LogP contribution is 2.21. The Morgan fingerprint density at radius 1 is 1.04 bits per heavy atom. The predicted molar refractivity (Wildman–Crippen MR) is 94.9 cm³/mol. The SMILES string of the molecule is CCCn1c(COc2ccc(C(C)C)cc2)nc2ccccc21. The molecule has 0 bridgehead atoms. The lowest BCUT2D eigenvalue weighted by molar-refractivity contribution is 0.290. The molecule has 3 aromatic rings. The highest BCUT2D eigenvalue weighted by Gasteiger charge is 2.10. The van der Waals surface area contributed by atoms with Crippen LogP contribution in [0.5, 0.6) is 5.75 Å². The Balaban J connectivity index is 1.79. The van der Waals surface area contributed by atoms with Gasteiger partial charge in [-0.25, -0.2) is 4.98 Å². The monoisotopic (exact) mass is 308 g/mol. The first-order valence-electron chi connectivity index (χ1n) is 8.36. The zero-order valence-electron chi connectivity index (χ0n) is 14.1. The van der Waals surface area contributed by atoms with Crippen molar-refractivity contribution in [1.29, 1.82) is 0 Å². The second-order valence-electron chi connectivity index (χ2n) is 6.18. The number of hydrogen-bond acceptors (Lipinski definition) is 2. The fraction of sp³-hybridized carbons (Fsp3) is 0.350. The summed E-state index contributed by atoms with van der Waals surface area (Å²) < 4.78 is 8.22. The van der Waals surface area contributed by atoms with Crippen LogP contribution in [0.3, 0.4) is 0 Å². The summed E-state index contributed by atoms with van der Waals surface area (Å²) >= 11 is 0. The molecule has 1 heterocycles. The summed E-state index contributed by atoms with van der Waals surface area (Å²) in [5.74, 6) is 2.42. The van der Waals surface area contributed by atoms with E-state index in [9.17, 15) is 0 Å². The number of imidazole rings is 1. The lowest BCUT2D eigenvalue weighted by Gasteiger charge is -2.10. The number of benzene rings is 2. The summed E-state index contributed by atoms with van der Waals surface area (Å²) in [6.07, 6.45) is 1.08. The first-order valence-corrected chi connectivity index (χ1v) is 8.36. The summed E-state index contributed by atoms with van der Waals surface area (Å²) in [7, 11) is 0. The van der Waals surface area contributed by atoms with E-state index in [2.05, 4.69) is 55.7 Å². The van der Waals surface area contributed by atoms with Crippen LogP contribution < -0.4 is 4.74 Å². The van der Waals surface area contributed by atoms with Crippen molar-refractivity contribution in [3.05, 3.63) is 59.9 Å². The van der Waals surface area contributed by atoms with E-state index >= 15 is 0 Å². The molecule has 120 valence electrons. The van der Waals surface area contributed by atoms with Crippen molar-refractivity contribution in [2.45, 2.75) is 46.3 Å². The highest BCUT2D eigenvalue weighted by molar-refractivity contribution is 5.75. The highest BCUT2D eigenvalue weighted by atomic mass is 16.5. The lowest BCUT2D eigenvalue weighted by Crippen LogP contribution is -2.07. The van der Waals surface area contributed by atoms with Crippen LogP contribution in [0.25, 0.3) is 11.0 Å². The number of nitrogens with zero attached hydrogens (tertiary/aromatic N) is 2. The van der Waals surface area contributed by atoms with E-state index in [4.69, 9.17) is 9.72 Å². The van der Waals surface area contributed by atoms with Crippen molar-refractivity contribution >= 4 is 11.0 Å². The molecule has 1 aromatic heterocycles. The zero-order chi connectivity index (χ0) is 16.2. The summed E-state index contributed by atoms with van der Waals surface area (Å²) in [6, 6.07) is 16.6. The number of rotatable bonds is 6. The van der Waals surface area contributed by atoms with Gasteiger partial charge in [-0.1, -0.05) is 45.0 Å². The van der Waals surface area contributed by atoms with Crippen molar-refractivity contribution in [2.24, 2.45) is 0 Å². The van der Waals surface area contributed by atoms with Gasteiger partial charge in [0, 0.05) is 6.54 Å². The Hall–Kier alpha value is -2.29. The molecule has 3 heteroatoms. The van der Waals surface area contributed by atoms with Gasteiger partial charge in [-0.05, 0) is 42.2 Å². The molecule has 0 aliphatic rings. The van der Waals surface area contributed by atoms with Gasteiger partial charge in [-0.3, -0.25) is 0 Å². The molecule has 0 aliphatic heterocycles. The smallest absolute Gasteiger partial charge is 0.147 e. The zero-order valence-corrected chi connectivity index (χ0v) is 14.1. The van der Waals surface area contributed by atoms with Gasteiger partial charge in [0.2, 0.25) is 0 Å². The molecule has 0 radical (unpaired) electrons. The van der Waals surface area contributed by atoms with Crippen LogP contribution >= 0.6 is 0 Å². The minimum atomic E-state index is 0.496. The van der Waals surface area contributed by atoms with E-state index < -0.39 is 0 Å². The van der Waals surface area contributed by atoms with Crippen LogP contribution in [0, 0.1) is 0 Å². The number of fused-ring (bicyclic) bond motifs is 1. The second-order valence-corrected chi connectivity index (χ2v) is 6.18. The Morgan fingerprint density at radius 3 is 2.48 bits per heavy atom. The van der Waals surface area contributed by atoms with E-state index in [0.29, 0.717) is 12.5 Å². The normalized spacial score (nSPS) is 11.3. The summed E-state index contributed by atoms with van der Waals surface area (Å²) in [4.78, 5) is 4.73. The first-order chi connectivity index (χ1) is 11.2. The van der Waals surface area contributed by atoms with Gasteiger partial charge in [-0.15, -0.1) is 0 Å².